The van der Waals surface area contributed by atoms with E-state index in [1.165, 1.54) is 4.90 Å². The third-order valence-corrected chi connectivity index (χ3v) is 1.28. The predicted molar refractivity (Wildman–Crippen MR) is 49.2 cm³/mol. The van der Waals surface area contributed by atoms with E-state index in [-0.39, 0.29) is 19.6 Å². The molecular formula is C9H15NO3. The first-order valence-electron chi connectivity index (χ1n) is 3.95. The normalized spacial score (nSPS) is 11.3. The number of carboxylic acids is 1. The van der Waals surface area contributed by atoms with Gasteiger partial charge in [-0.05, 0) is 13.8 Å². The molecule has 0 aromatic carbocycles. The Morgan fingerprint density at radius 1 is 1.62 bits per heavy atom. The maximum Gasteiger partial charge on any atom is 0.317 e. The number of hydrogen-bond donors (Lipinski definition) is 2. The maximum absolute atomic E-state index is 10.4. The molecule has 2 N–H and O–H groups in total. The molecule has 13 heavy (non-hydrogen) atoms. The van der Waals surface area contributed by atoms with Crippen molar-refractivity contribution in [1.29, 1.82) is 0 Å². The second-order valence-corrected chi connectivity index (χ2v) is 3.56. The highest BCUT2D eigenvalue weighted by atomic mass is 16.4. The molecule has 0 aliphatic carbocycles. The SMILES string of the molecule is C#CCN(CC(=O)O)CC(C)(C)O. The molecule has 0 saturated carbocycles. The fraction of sp³-hybridized carbons (Fsp3) is 0.667. The van der Waals surface area contributed by atoms with Crippen molar-refractivity contribution < 1.29 is 15.0 Å². The van der Waals surface area contributed by atoms with E-state index >= 15 is 0 Å². The van der Waals surface area contributed by atoms with Gasteiger partial charge in [0.25, 0.3) is 0 Å². The summed E-state index contributed by atoms with van der Waals surface area (Å²) in [6.45, 7) is 3.56. The van der Waals surface area contributed by atoms with E-state index in [1.54, 1.807) is 13.8 Å². The van der Waals surface area contributed by atoms with Gasteiger partial charge in [-0.1, -0.05) is 5.92 Å². The van der Waals surface area contributed by atoms with Crippen LogP contribution in [-0.4, -0.2) is 46.3 Å². The fourth-order valence-corrected chi connectivity index (χ4v) is 1.04. The first kappa shape index (κ1) is 11.9. The van der Waals surface area contributed by atoms with Crippen molar-refractivity contribution in [3.05, 3.63) is 0 Å². The number of carbonyl (C=O) groups is 1. The Morgan fingerprint density at radius 2 is 2.15 bits per heavy atom. The van der Waals surface area contributed by atoms with E-state index in [1.807, 2.05) is 0 Å². The van der Waals surface area contributed by atoms with E-state index in [2.05, 4.69) is 5.92 Å². The lowest BCUT2D eigenvalue weighted by Gasteiger charge is -2.25. The van der Waals surface area contributed by atoms with Crippen molar-refractivity contribution in [3.8, 4) is 12.3 Å². The topological polar surface area (TPSA) is 60.8 Å². The van der Waals surface area contributed by atoms with Crippen LogP contribution >= 0.6 is 0 Å². The number of aliphatic carboxylic acids is 1. The van der Waals surface area contributed by atoms with Crippen molar-refractivity contribution in [2.45, 2.75) is 19.4 Å². The molecule has 0 unspecified atom stereocenters. The molecule has 0 radical (unpaired) electrons. The zero-order chi connectivity index (χ0) is 10.5. The van der Waals surface area contributed by atoms with Crippen molar-refractivity contribution in [1.82, 2.24) is 4.90 Å². The Bertz CT molecular complexity index is 212. The fourth-order valence-electron chi connectivity index (χ4n) is 1.04. The van der Waals surface area contributed by atoms with Crippen LogP contribution in [0.5, 0.6) is 0 Å². The molecule has 0 amide bonds. The number of terminal acetylenes is 1. The van der Waals surface area contributed by atoms with Gasteiger partial charge in [0.1, 0.15) is 0 Å². The van der Waals surface area contributed by atoms with E-state index < -0.39 is 11.6 Å². The second kappa shape index (κ2) is 4.85. The summed E-state index contributed by atoms with van der Waals surface area (Å²) >= 11 is 0. The summed E-state index contributed by atoms with van der Waals surface area (Å²) in [5, 5.41) is 17.9. The van der Waals surface area contributed by atoms with Gasteiger partial charge >= 0.3 is 5.97 Å². The molecule has 0 fully saturated rings. The van der Waals surface area contributed by atoms with Crippen LogP contribution in [0.1, 0.15) is 13.8 Å². The largest absolute Gasteiger partial charge is 0.480 e. The molecule has 0 heterocycles. The zero-order valence-electron chi connectivity index (χ0n) is 7.95. The Kier molecular flexibility index (Phi) is 4.46. The van der Waals surface area contributed by atoms with Crippen molar-refractivity contribution >= 4 is 5.97 Å². The highest BCUT2D eigenvalue weighted by Gasteiger charge is 2.19. The first-order chi connectivity index (χ1) is 5.85. The molecule has 0 rings (SSSR count). The molecule has 0 aromatic heterocycles. The highest BCUT2D eigenvalue weighted by molar-refractivity contribution is 5.69. The predicted octanol–water partition coefficient (Wildman–Crippen LogP) is -0.223. The maximum atomic E-state index is 10.4. The zero-order valence-corrected chi connectivity index (χ0v) is 7.95. The Morgan fingerprint density at radius 3 is 2.46 bits per heavy atom. The number of nitrogens with zero attached hydrogens (tertiary/aromatic N) is 1. The lowest BCUT2D eigenvalue weighted by molar-refractivity contribution is -0.138. The smallest absolute Gasteiger partial charge is 0.317 e. The molecule has 0 saturated heterocycles. The molecule has 74 valence electrons. The van der Waals surface area contributed by atoms with Crippen LogP contribution < -0.4 is 0 Å². The van der Waals surface area contributed by atoms with Crippen LogP contribution in [0.2, 0.25) is 0 Å². The minimum atomic E-state index is -0.945. The van der Waals surface area contributed by atoms with E-state index in [4.69, 9.17) is 11.5 Å². The summed E-state index contributed by atoms with van der Waals surface area (Å²) in [6.07, 6.45) is 5.06. The van der Waals surface area contributed by atoms with Gasteiger partial charge in [0.05, 0.1) is 18.7 Å². The van der Waals surface area contributed by atoms with E-state index in [0.29, 0.717) is 0 Å². The summed E-state index contributed by atoms with van der Waals surface area (Å²) in [5.41, 5.74) is -0.924. The second-order valence-electron chi connectivity index (χ2n) is 3.56. The summed E-state index contributed by atoms with van der Waals surface area (Å²) < 4.78 is 0. The molecule has 0 bridgehead atoms. The summed E-state index contributed by atoms with van der Waals surface area (Å²) in [4.78, 5) is 11.9. The van der Waals surface area contributed by atoms with Crippen molar-refractivity contribution in [2.24, 2.45) is 0 Å². The number of rotatable bonds is 5. The minimum absolute atomic E-state index is 0.145. The summed E-state index contributed by atoms with van der Waals surface area (Å²) in [6, 6.07) is 0. The average Bonchev–Trinajstić information content (AvgIpc) is 1.81. The Hall–Kier alpha value is -1.05. The third kappa shape index (κ3) is 7.32. The molecule has 0 aliphatic heterocycles. The molecule has 0 aliphatic rings. The van der Waals surface area contributed by atoms with Gasteiger partial charge in [0.2, 0.25) is 0 Å². The monoisotopic (exact) mass is 185 g/mol. The van der Waals surface area contributed by atoms with Crippen LogP contribution in [0.25, 0.3) is 0 Å². The Balaban J connectivity index is 4.11. The van der Waals surface area contributed by atoms with Gasteiger partial charge in [0.15, 0.2) is 0 Å². The first-order valence-corrected chi connectivity index (χ1v) is 3.95. The number of aliphatic hydroxyl groups is 1. The van der Waals surface area contributed by atoms with E-state index in [9.17, 15) is 9.90 Å². The molecular weight excluding hydrogens is 170 g/mol. The number of hydrogen-bond acceptors (Lipinski definition) is 3. The summed E-state index contributed by atoms with van der Waals surface area (Å²) in [5.74, 6) is 1.40. The lowest BCUT2D eigenvalue weighted by atomic mass is 10.1. The van der Waals surface area contributed by atoms with Crippen LogP contribution in [0, 0.1) is 12.3 Å². The van der Waals surface area contributed by atoms with Crippen LogP contribution in [0.15, 0.2) is 0 Å². The Labute approximate surface area is 78.2 Å². The van der Waals surface area contributed by atoms with Gasteiger partial charge in [-0.2, -0.15) is 0 Å². The minimum Gasteiger partial charge on any atom is -0.480 e. The van der Waals surface area contributed by atoms with Crippen LogP contribution in [0.3, 0.4) is 0 Å². The van der Waals surface area contributed by atoms with Gasteiger partial charge in [-0.25, -0.2) is 0 Å². The molecule has 4 nitrogen and oxygen atoms in total. The molecule has 4 heteroatoms. The highest BCUT2D eigenvalue weighted by Crippen LogP contribution is 2.03. The number of carboxylic acid groups (broad SMARTS) is 1. The van der Waals surface area contributed by atoms with Gasteiger partial charge in [-0.15, -0.1) is 6.42 Å². The van der Waals surface area contributed by atoms with Crippen LogP contribution in [0.4, 0.5) is 0 Å². The van der Waals surface area contributed by atoms with Crippen LogP contribution in [-0.2, 0) is 4.79 Å². The van der Waals surface area contributed by atoms with E-state index in [0.717, 1.165) is 0 Å². The standard InChI is InChI=1S/C9H15NO3/c1-4-5-10(6-8(11)12)7-9(2,3)13/h1,13H,5-7H2,2-3H3,(H,11,12). The molecule has 0 spiro atoms. The van der Waals surface area contributed by atoms with Gasteiger partial charge < -0.3 is 10.2 Å². The summed E-state index contributed by atoms with van der Waals surface area (Å²) in [7, 11) is 0. The lowest BCUT2D eigenvalue weighted by Crippen LogP contribution is -2.41. The molecule has 0 atom stereocenters. The van der Waals surface area contributed by atoms with Crippen molar-refractivity contribution in [2.75, 3.05) is 19.6 Å². The third-order valence-electron chi connectivity index (χ3n) is 1.28. The quantitative estimate of drug-likeness (QED) is 0.581. The molecule has 0 aromatic rings. The van der Waals surface area contributed by atoms with Crippen molar-refractivity contribution in [3.63, 3.8) is 0 Å². The van der Waals surface area contributed by atoms with Gasteiger partial charge in [-0.3, -0.25) is 9.69 Å². The average molecular weight is 185 g/mol. The van der Waals surface area contributed by atoms with Gasteiger partial charge in [0, 0.05) is 6.54 Å².